The van der Waals surface area contributed by atoms with E-state index in [-0.39, 0.29) is 0 Å². The van der Waals surface area contributed by atoms with Gasteiger partial charge < -0.3 is 10.1 Å². The third kappa shape index (κ3) is 5.87. The van der Waals surface area contributed by atoms with Crippen LogP contribution < -0.4 is 5.32 Å². The molecule has 0 atom stereocenters. The standard InChI is InChI=1S/C11H17BrN2O/c1-9(2)13-5-6-15-8-11-4-3-10(12)7-14-11/h3-4,7,9,13H,5-6,8H2,1-2H3. The molecule has 1 N–H and O–H groups in total. The molecule has 1 aromatic rings. The van der Waals surface area contributed by atoms with Crippen molar-refractivity contribution >= 4 is 15.9 Å². The lowest BCUT2D eigenvalue weighted by Crippen LogP contribution is -2.26. The molecule has 1 heterocycles. The highest BCUT2D eigenvalue weighted by atomic mass is 79.9. The summed E-state index contributed by atoms with van der Waals surface area (Å²) >= 11 is 3.34. The third-order valence-corrected chi connectivity index (χ3v) is 2.31. The van der Waals surface area contributed by atoms with Crippen LogP contribution in [0.1, 0.15) is 19.5 Å². The van der Waals surface area contributed by atoms with Gasteiger partial charge in [-0.15, -0.1) is 0 Å². The number of ether oxygens (including phenoxy) is 1. The molecule has 1 aromatic heterocycles. The minimum absolute atomic E-state index is 0.513. The van der Waals surface area contributed by atoms with E-state index in [0.29, 0.717) is 12.6 Å². The molecule has 0 spiro atoms. The molecular formula is C11H17BrN2O. The highest BCUT2D eigenvalue weighted by Gasteiger charge is 1.95. The van der Waals surface area contributed by atoms with E-state index in [2.05, 4.69) is 40.1 Å². The maximum Gasteiger partial charge on any atom is 0.0888 e. The first-order valence-corrected chi connectivity index (χ1v) is 5.89. The largest absolute Gasteiger partial charge is 0.374 e. The molecule has 84 valence electrons. The summed E-state index contributed by atoms with van der Waals surface area (Å²) in [5, 5.41) is 3.29. The zero-order valence-electron chi connectivity index (χ0n) is 9.16. The van der Waals surface area contributed by atoms with E-state index in [9.17, 15) is 0 Å². The van der Waals surface area contributed by atoms with Crippen molar-refractivity contribution in [1.29, 1.82) is 0 Å². The second-order valence-corrected chi connectivity index (χ2v) is 4.54. The van der Waals surface area contributed by atoms with Gasteiger partial charge in [0.2, 0.25) is 0 Å². The fourth-order valence-electron chi connectivity index (χ4n) is 1.09. The molecule has 0 aromatic carbocycles. The second kappa shape index (κ2) is 6.93. The molecule has 0 aliphatic rings. The SMILES string of the molecule is CC(C)NCCOCc1ccc(Br)cn1. The Morgan fingerprint density at radius 1 is 1.47 bits per heavy atom. The lowest BCUT2D eigenvalue weighted by molar-refractivity contribution is 0.119. The van der Waals surface area contributed by atoms with Crippen LogP contribution >= 0.6 is 15.9 Å². The minimum Gasteiger partial charge on any atom is -0.374 e. The molecule has 3 nitrogen and oxygen atoms in total. The van der Waals surface area contributed by atoms with Crippen LogP contribution in [-0.2, 0) is 11.3 Å². The van der Waals surface area contributed by atoms with Crippen molar-refractivity contribution in [3.63, 3.8) is 0 Å². The maximum absolute atomic E-state index is 5.47. The highest BCUT2D eigenvalue weighted by Crippen LogP contribution is 2.07. The zero-order chi connectivity index (χ0) is 11.1. The summed E-state index contributed by atoms with van der Waals surface area (Å²) in [6, 6.07) is 4.44. The Kier molecular flexibility index (Phi) is 5.83. The molecule has 0 aliphatic carbocycles. The predicted octanol–water partition coefficient (Wildman–Crippen LogP) is 2.36. The van der Waals surface area contributed by atoms with Gasteiger partial charge in [0.25, 0.3) is 0 Å². The van der Waals surface area contributed by atoms with Crippen LogP contribution in [0.5, 0.6) is 0 Å². The van der Waals surface area contributed by atoms with Gasteiger partial charge in [0.05, 0.1) is 18.9 Å². The van der Waals surface area contributed by atoms with Crippen molar-refractivity contribution in [2.24, 2.45) is 0 Å². The summed E-state index contributed by atoms with van der Waals surface area (Å²) in [7, 11) is 0. The number of nitrogens with zero attached hydrogens (tertiary/aromatic N) is 1. The monoisotopic (exact) mass is 272 g/mol. The Morgan fingerprint density at radius 3 is 2.87 bits per heavy atom. The van der Waals surface area contributed by atoms with E-state index < -0.39 is 0 Å². The number of rotatable bonds is 6. The Balaban J connectivity index is 2.12. The average Bonchev–Trinajstić information content (AvgIpc) is 2.20. The van der Waals surface area contributed by atoms with Crippen LogP contribution in [0.3, 0.4) is 0 Å². The lowest BCUT2D eigenvalue weighted by atomic mass is 10.4. The van der Waals surface area contributed by atoms with E-state index >= 15 is 0 Å². The molecule has 0 amide bonds. The van der Waals surface area contributed by atoms with Crippen molar-refractivity contribution in [3.05, 3.63) is 28.5 Å². The Morgan fingerprint density at radius 2 is 2.27 bits per heavy atom. The van der Waals surface area contributed by atoms with Gasteiger partial charge in [0, 0.05) is 23.3 Å². The molecule has 1 rings (SSSR count). The van der Waals surface area contributed by atoms with Crippen molar-refractivity contribution < 1.29 is 4.74 Å². The molecule has 0 saturated heterocycles. The van der Waals surface area contributed by atoms with Crippen molar-refractivity contribution in [2.75, 3.05) is 13.2 Å². The minimum atomic E-state index is 0.513. The molecule has 15 heavy (non-hydrogen) atoms. The van der Waals surface area contributed by atoms with E-state index in [1.165, 1.54) is 0 Å². The summed E-state index contributed by atoms with van der Waals surface area (Å²) in [5.74, 6) is 0. The van der Waals surface area contributed by atoms with Gasteiger partial charge in [-0.3, -0.25) is 4.98 Å². The first kappa shape index (κ1) is 12.6. The highest BCUT2D eigenvalue weighted by molar-refractivity contribution is 9.10. The predicted molar refractivity (Wildman–Crippen MR) is 64.7 cm³/mol. The fraction of sp³-hybridized carbons (Fsp3) is 0.545. The third-order valence-electron chi connectivity index (χ3n) is 1.84. The normalized spacial score (nSPS) is 10.9. The Bertz CT molecular complexity index is 274. The van der Waals surface area contributed by atoms with Crippen molar-refractivity contribution in [1.82, 2.24) is 10.3 Å². The summed E-state index contributed by atoms with van der Waals surface area (Å²) in [6.45, 7) is 6.42. The van der Waals surface area contributed by atoms with E-state index in [4.69, 9.17) is 4.74 Å². The van der Waals surface area contributed by atoms with Gasteiger partial charge in [0.1, 0.15) is 0 Å². The van der Waals surface area contributed by atoms with Gasteiger partial charge >= 0.3 is 0 Å². The van der Waals surface area contributed by atoms with Crippen LogP contribution in [0.15, 0.2) is 22.8 Å². The van der Waals surface area contributed by atoms with E-state index in [1.54, 1.807) is 6.20 Å². The molecule has 0 aliphatic heterocycles. The van der Waals surface area contributed by atoms with Gasteiger partial charge in [-0.1, -0.05) is 13.8 Å². The zero-order valence-corrected chi connectivity index (χ0v) is 10.8. The molecular weight excluding hydrogens is 256 g/mol. The molecule has 0 radical (unpaired) electrons. The van der Waals surface area contributed by atoms with Crippen molar-refractivity contribution in [3.8, 4) is 0 Å². The second-order valence-electron chi connectivity index (χ2n) is 3.63. The topological polar surface area (TPSA) is 34.1 Å². The van der Waals surface area contributed by atoms with Gasteiger partial charge in [-0.25, -0.2) is 0 Å². The van der Waals surface area contributed by atoms with Crippen molar-refractivity contribution in [2.45, 2.75) is 26.5 Å². The van der Waals surface area contributed by atoms with Crippen LogP contribution in [-0.4, -0.2) is 24.2 Å². The maximum atomic E-state index is 5.47. The van der Waals surface area contributed by atoms with Gasteiger partial charge in [-0.05, 0) is 28.1 Å². The molecule has 0 bridgehead atoms. The van der Waals surface area contributed by atoms with E-state index in [1.807, 2.05) is 12.1 Å². The smallest absolute Gasteiger partial charge is 0.0888 e. The first-order chi connectivity index (χ1) is 7.18. The van der Waals surface area contributed by atoms with Crippen LogP contribution in [0.4, 0.5) is 0 Å². The summed E-state index contributed by atoms with van der Waals surface area (Å²) in [6.07, 6.45) is 1.78. The van der Waals surface area contributed by atoms with Crippen LogP contribution in [0.2, 0.25) is 0 Å². The Labute approximate surface area is 99.4 Å². The quantitative estimate of drug-likeness (QED) is 0.808. The lowest BCUT2D eigenvalue weighted by Gasteiger charge is -2.08. The number of pyridine rings is 1. The van der Waals surface area contributed by atoms with Gasteiger partial charge in [0.15, 0.2) is 0 Å². The van der Waals surface area contributed by atoms with Crippen LogP contribution in [0.25, 0.3) is 0 Å². The number of halogens is 1. The summed E-state index contributed by atoms with van der Waals surface area (Å²) < 4.78 is 6.46. The number of hydrogen-bond donors (Lipinski definition) is 1. The molecule has 0 fully saturated rings. The summed E-state index contributed by atoms with van der Waals surface area (Å²) in [5.41, 5.74) is 0.961. The fourth-order valence-corrected chi connectivity index (χ4v) is 1.32. The average molecular weight is 273 g/mol. The van der Waals surface area contributed by atoms with Gasteiger partial charge in [-0.2, -0.15) is 0 Å². The molecule has 0 saturated carbocycles. The summed E-state index contributed by atoms with van der Waals surface area (Å²) in [4.78, 5) is 4.22. The molecule has 0 unspecified atom stereocenters. The van der Waals surface area contributed by atoms with E-state index in [0.717, 1.165) is 23.3 Å². The number of aromatic nitrogens is 1. The van der Waals surface area contributed by atoms with Crippen LogP contribution in [0, 0.1) is 0 Å². The number of nitrogens with one attached hydrogen (secondary N) is 1. The first-order valence-electron chi connectivity index (χ1n) is 5.10. The Hall–Kier alpha value is -0.450. The number of hydrogen-bond acceptors (Lipinski definition) is 3. The molecule has 4 heteroatoms.